The Morgan fingerprint density at radius 3 is 2.56 bits per heavy atom. The van der Waals surface area contributed by atoms with Gasteiger partial charge in [-0.1, -0.05) is 73.7 Å². The van der Waals surface area contributed by atoms with E-state index in [-0.39, 0.29) is 6.04 Å². The van der Waals surface area contributed by atoms with Gasteiger partial charge in [-0.15, -0.1) is 0 Å². The molecule has 0 aliphatic carbocycles. The van der Waals surface area contributed by atoms with Crippen molar-refractivity contribution in [2.45, 2.75) is 52.0 Å². The van der Waals surface area contributed by atoms with Crippen LogP contribution in [0, 0.1) is 5.92 Å². The van der Waals surface area contributed by atoms with E-state index in [1.165, 1.54) is 31.2 Å². The first-order valence-corrected chi connectivity index (χ1v) is 7.72. The number of nitrogens with two attached hydrogens (primary N) is 1. The minimum atomic E-state index is 0.238. The second-order valence-corrected chi connectivity index (χ2v) is 5.75. The van der Waals surface area contributed by atoms with Gasteiger partial charge in [0.25, 0.3) is 0 Å². The Morgan fingerprint density at radius 2 is 2.00 bits per heavy atom. The lowest BCUT2D eigenvalue weighted by Gasteiger charge is -2.23. The predicted octanol–water partition coefficient (Wildman–Crippen LogP) is 4.56. The zero-order valence-corrected chi connectivity index (χ0v) is 13.0. The summed E-state index contributed by atoms with van der Waals surface area (Å²) in [5.74, 6) is 6.48. The average molecular weight is 313 g/mol. The van der Waals surface area contributed by atoms with Crippen molar-refractivity contribution in [1.82, 2.24) is 5.43 Å². The summed E-state index contributed by atoms with van der Waals surface area (Å²) in [6, 6.07) is 8.56. The van der Waals surface area contributed by atoms with Gasteiger partial charge in [0, 0.05) is 10.5 Å². The molecule has 3 heteroatoms. The van der Waals surface area contributed by atoms with Crippen LogP contribution in [0.2, 0.25) is 0 Å². The van der Waals surface area contributed by atoms with Gasteiger partial charge in [0.05, 0.1) is 0 Å². The molecular formula is C15H25BrN2. The third kappa shape index (κ3) is 4.71. The van der Waals surface area contributed by atoms with E-state index >= 15 is 0 Å². The highest BCUT2D eigenvalue weighted by Crippen LogP contribution is 2.30. The normalized spacial score (nSPS) is 14.4. The molecular weight excluding hydrogens is 288 g/mol. The number of hydrazine groups is 1. The molecule has 1 rings (SSSR count). The molecule has 0 fully saturated rings. The van der Waals surface area contributed by atoms with Crippen molar-refractivity contribution < 1.29 is 0 Å². The number of unbranched alkanes of at least 4 members (excludes halogenated alkanes) is 1. The number of benzene rings is 1. The van der Waals surface area contributed by atoms with E-state index in [2.05, 4.69) is 53.4 Å². The first-order chi connectivity index (χ1) is 8.72. The van der Waals surface area contributed by atoms with Crippen LogP contribution in [0.1, 0.15) is 57.6 Å². The van der Waals surface area contributed by atoms with E-state index in [9.17, 15) is 0 Å². The maximum absolute atomic E-state index is 5.73. The Bertz CT molecular complexity index is 341. The van der Waals surface area contributed by atoms with Crippen LogP contribution in [0.4, 0.5) is 0 Å². The van der Waals surface area contributed by atoms with Crippen LogP contribution in [0.25, 0.3) is 0 Å². The van der Waals surface area contributed by atoms with E-state index < -0.39 is 0 Å². The SMILES string of the molecule is CCCCC(CC)CC(NN)c1ccccc1Br. The standard InChI is InChI=1S/C15H25BrN2/c1-3-5-8-12(4-2)11-15(18-17)13-9-6-7-10-14(13)16/h6-7,9-10,12,15,18H,3-5,8,11,17H2,1-2H3. The zero-order chi connectivity index (χ0) is 13.4. The quantitative estimate of drug-likeness (QED) is 0.545. The molecule has 0 bridgehead atoms. The fraction of sp³-hybridized carbons (Fsp3) is 0.600. The van der Waals surface area contributed by atoms with Crippen LogP contribution >= 0.6 is 15.9 Å². The van der Waals surface area contributed by atoms with Crippen LogP contribution in [0.3, 0.4) is 0 Å². The van der Waals surface area contributed by atoms with Crippen LogP contribution < -0.4 is 11.3 Å². The Balaban J connectivity index is 2.68. The summed E-state index contributed by atoms with van der Waals surface area (Å²) in [5, 5.41) is 0. The lowest BCUT2D eigenvalue weighted by atomic mass is 9.89. The van der Waals surface area contributed by atoms with Gasteiger partial charge in [0.1, 0.15) is 0 Å². The molecule has 18 heavy (non-hydrogen) atoms. The molecule has 2 atom stereocenters. The van der Waals surface area contributed by atoms with E-state index in [1.54, 1.807) is 0 Å². The third-order valence-corrected chi connectivity index (χ3v) is 4.32. The average Bonchev–Trinajstić information content (AvgIpc) is 2.40. The third-order valence-electron chi connectivity index (χ3n) is 3.59. The summed E-state index contributed by atoms with van der Waals surface area (Å²) >= 11 is 3.61. The summed E-state index contributed by atoms with van der Waals surface area (Å²) in [6.07, 6.45) is 6.21. The minimum Gasteiger partial charge on any atom is -0.271 e. The number of hydrogen-bond acceptors (Lipinski definition) is 2. The molecule has 0 saturated heterocycles. The van der Waals surface area contributed by atoms with E-state index in [1.807, 2.05) is 6.07 Å². The first-order valence-electron chi connectivity index (χ1n) is 6.93. The molecule has 0 aliphatic rings. The van der Waals surface area contributed by atoms with Gasteiger partial charge >= 0.3 is 0 Å². The second-order valence-electron chi connectivity index (χ2n) is 4.89. The van der Waals surface area contributed by atoms with Crippen molar-refractivity contribution in [3.63, 3.8) is 0 Å². The van der Waals surface area contributed by atoms with Gasteiger partial charge in [-0.2, -0.15) is 0 Å². The summed E-state index contributed by atoms with van der Waals surface area (Å²) in [5.41, 5.74) is 4.23. The summed E-state index contributed by atoms with van der Waals surface area (Å²) in [7, 11) is 0. The van der Waals surface area contributed by atoms with Crippen LogP contribution in [0.5, 0.6) is 0 Å². The highest BCUT2D eigenvalue weighted by molar-refractivity contribution is 9.10. The molecule has 0 spiro atoms. The van der Waals surface area contributed by atoms with Crippen LogP contribution in [-0.4, -0.2) is 0 Å². The highest BCUT2D eigenvalue weighted by Gasteiger charge is 2.17. The summed E-state index contributed by atoms with van der Waals surface area (Å²) in [4.78, 5) is 0. The molecule has 2 nitrogen and oxygen atoms in total. The van der Waals surface area contributed by atoms with E-state index in [0.29, 0.717) is 0 Å². The number of hydrogen-bond donors (Lipinski definition) is 2. The van der Waals surface area contributed by atoms with Crippen molar-refractivity contribution in [3.05, 3.63) is 34.3 Å². The van der Waals surface area contributed by atoms with Gasteiger partial charge in [-0.05, 0) is 24.0 Å². The Kier molecular flexibility index (Phi) is 7.56. The molecule has 0 aliphatic heterocycles. The molecule has 0 saturated carbocycles. The monoisotopic (exact) mass is 312 g/mol. The maximum atomic E-state index is 5.73. The predicted molar refractivity (Wildman–Crippen MR) is 82.1 cm³/mol. The molecule has 1 aromatic carbocycles. The van der Waals surface area contributed by atoms with Gasteiger partial charge in [0.15, 0.2) is 0 Å². The summed E-state index contributed by atoms with van der Waals surface area (Å²) < 4.78 is 1.14. The largest absolute Gasteiger partial charge is 0.271 e. The van der Waals surface area contributed by atoms with Crippen molar-refractivity contribution in [2.24, 2.45) is 11.8 Å². The number of nitrogens with one attached hydrogen (secondary N) is 1. The maximum Gasteiger partial charge on any atom is 0.0473 e. The minimum absolute atomic E-state index is 0.238. The highest BCUT2D eigenvalue weighted by atomic mass is 79.9. The molecule has 1 aromatic rings. The molecule has 0 amide bonds. The number of halogens is 1. The van der Waals surface area contributed by atoms with Crippen molar-refractivity contribution in [2.75, 3.05) is 0 Å². The fourth-order valence-electron chi connectivity index (χ4n) is 2.36. The van der Waals surface area contributed by atoms with Gasteiger partial charge < -0.3 is 0 Å². The first kappa shape index (κ1) is 15.7. The molecule has 0 heterocycles. The van der Waals surface area contributed by atoms with Crippen molar-refractivity contribution >= 4 is 15.9 Å². The smallest absolute Gasteiger partial charge is 0.0473 e. The molecule has 2 unspecified atom stereocenters. The van der Waals surface area contributed by atoms with Gasteiger partial charge in [-0.25, -0.2) is 0 Å². The fourth-order valence-corrected chi connectivity index (χ4v) is 2.92. The lowest BCUT2D eigenvalue weighted by Crippen LogP contribution is -2.30. The molecule has 3 N–H and O–H groups in total. The van der Waals surface area contributed by atoms with E-state index in [0.717, 1.165) is 16.8 Å². The lowest BCUT2D eigenvalue weighted by molar-refractivity contribution is 0.356. The topological polar surface area (TPSA) is 38.0 Å². The van der Waals surface area contributed by atoms with Gasteiger partial charge in [-0.3, -0.25) is 11.3 Å². The van der Waals surface area contributed by atoms with E-state index in [4.69, 9.17) is 5.84 Å². The second kappa shape index (κ2) is 8.68. The summed E-state index contributed by atoms with van der Waals surface area (Å²) in [6.45, 7) is 4.52. The number of rotatable bonds is 8. The molecule has 102 valence electrons. The zero-order valence-electron chi connectivity index (χ0n) is 11.5. The molecule has 0 aromatic heterocycles. The molecule has 0 radical (unpaired) electrons. The van der Waals surface area contributed by atoms with Crippen molar-refractivity contribution in [1.29, 1.82) is 0 Å². The Morgan fingerprint density at radius 1 is 1.28 bits per heavy atom. The van der Waals surface area contributed by atoms with Crippen LogP contribution in [0.15, 0.2) is 28.7 Å². The van der Waals surface area contributed by atoms with Crippen molar-refractivity contribution in [3.8, 4) is 0 Å². The Labute approximate surface area is 119 Å². The van der Waals surface area contributed by atoms with Gasteiger partial charge in [0.2, 0.25) is 0 Å². The Hall–Kier alpha value is -0.380. The van der Waals surface area contributed by atoms with Crippen LogP contribution in [-0.2, 0) is 0 Å².